The Hall–Kier alpha value is -6.78. The van der Waals surface area contributed by atoms with Gasteiger partial charge in [-0.3, -0.25) is 0 Å². The second-order valence-corrected chi connectivity index (χ2v) is 12.9. The van der Waals surface area contributed by atoms with Crippen molar-refractivity contribution < 1.29 is 8.83 Å². The fourth-order valence-electron chi connectivity index (χ4n) is 7.73. The molecule has 0 saturated carbocycles. The van der Waals surface area contributed by atoms with Crippen LogP contribution in [0, 0.1) is 0 Å². The first kappa shape index (κ1) is 27.2. The van der Waals surface area contributed by atoms with Crippen molar-refractivity contribution in [3.63, 3.8) is 0 Å². The van der Waals surface area contributed by atoms with Crippen LogP contribution in [0.4, 0.5) is 0 Å². The van der Waals surface area contributed by atoms with Crippen LogP contribution in [0.2, 0.25) is 0 Å². The number of furan rings is 2. The predicted octanol–water partition coefficient (Wildman–Crippen LogP) is 12.7. The van der Waals surface area contributed by atoms with E-state index in [1.54, 1.807) is 0 Å². The number of aromatic nitrogens is 2. The van der Waals surface area contributed by atoms with Crippen molar-refractivity contribution in [1.29, 1.82) is 0 Å². The van der Waals surface area contributed by atoms with Crippen molar-refractivity contribution in [2.75, 3.05) is 0 Å². The highest BCUT2D eigenvalue weighted by atomic mass is 16.3. The summed E-state index contributed by atoms with van der Waals surface area (Å²) in [6, 6.07) is 54.7. The normalized spacial score (nSPS) is 12.0. The number of nitrogens with zero attached hydrogens (tertiary/aromatic N) is 2. The summed E-state index contributed by atoms with van der Waals surface area (Å²) in [6.45, 7) is 0. The molecule has 0 radical (unpaired) electrons. The molecule has 4 nitrogen and oxygen atoms in total. The molecule has 0 amide bonds. The Morgan fingerprint density at radius 1 is 0.360 bits per heavy atom. The summed E-state index contributed by atoms with van der Waals surface area (Å²) in [7, 11) is 0. The first-order valence-corrected chi connectivity index (χ1v) is 16.8. The van der Waals surface area contributed by atoms with E-state index in [2.05, 4.69) is 127 Å². The van der Waals surface area contributed by atoms with E-state index in [0.717, 1.165) is 110 Å². The average molecular weight is 639 g/mol. The Bertz CT molecular complexity index is 3150. The van der Waals surface area contributed by atoms with Crippen LogP contribution in [-0.4, -0.2) is 9.97 Å². The van der Waals surface area contributed by atoms with Crippen molar-refractivity contribution in [2.45, 2.75) is 0 Å². The number of benzene rings is 7. The van der Waals surface area contributed by atoms with Crippen LogP contribution < -0.4 is 0 Å². The molecule has 0 aliphatic carbocycles. The molecule has 0 fully saturated rings. The molecule has 0 spiro atoms. The van der Waals surface area contributed by atoms with E-state index in [9.17, 15) is 0 Å². The highest BCUT2D eigenvalue weighted by Gasteiger charge is 2.21. The zero-order valence-corrected chi connectivity index (χ0v) is 26.7. The fraction of sp³-hybridized carbons (Fsp3) is 0. The number of para-hydroxylation sites is 2. The van der Waals surface area contributed by atoms with Gasteiger partial charge in [0.25, 0.3) is 0 Å². The second kappa shape index (κ2) is 10.4. The lowest BCUT2D eigenvalue weighted by molar-refractivity contribution is 0.670. The third-order valence-corrected chi connectivity index (χ3v) is 10.1. The number of hydrogen-bond donors (Lipinski definition) is 0. The monoisotopic (exact) mass is 638 g/mol. The van der Waals surface area contributed by atoms with Crippen molar-refractivity contribution in [3.05, 3.63) is 158 Å². The van der Waals surface area contributed by atoms with E-state index in [-0.39, 0.29) is 0 Å². The van der Waals surface area contributed by atoms with Gasteiger partial charge in [-0.25, -0.2) is 9.97 Å². The molecule has 7 aromatic carbocycles. The molecule has 4 heterocycles. The van der Waals surface area contributed by atoms with E-state index in [1.807, 2.05) is 30.3 Å². The van der Waals surface area contributed by atoms with Gasteiger partial charge in [0.05, 0.1) is 22.4 Å². The van der Waals surface area contributed by atoms with E-state index in [0.29, 0.717) is 0 Å². The van der Waals surface area contributed by atoms with Gasteiger partial charge >= 0.3 is 0 Å². The summed E-state index contributed by atoms with van der Waals surface area (Å²) in [5, 5.41) is 8.59. The minimum Gasteiger partial charge on any atom is -0.455 e. The second-order valence-electron chi connectivity index (χ2n) is 12.9. The zero-order chi connectivity index (χ0) is 32.8. The van der Waals surface area contributed by atoms with Gasteiger partial charge in [-0.15, -0.1) is 0 Å². The van der Waals surface area contributed by atoms with Crippen LogP contribution in [-0.2, 0) is 0 Å². The van der Waals surface area contributed by atoms with Gasteiger partial charge in [-0.2, -0.15) is 0 Å². The Morgan fingerprint density at radius 3 is 1.78 bits per heavy atom. The van der Waals surface area contributed by atoms with Gasteiger partial charge in [-0.05, 0) is 41.3 Å². The molecule has 0 bridgehead atoms. The molecule has 0 atom stereocenters. The SMILES string of the molecule is c1ccc(-c2ccc3ccc4ccc(-c5cccc6oc7c8ccccc8c(-c8cccc9c8oc8ccccc89)cc7c56)nc4c3n2)cc1. The van der Waals surface area contributed by atoms with E-state index >= 15 is 0 Å². The molecule has 11 rings (SSSR count). The third kappa shape index (κ3) is 3.93. The summed E-state index contributed by atoms with van der Waals surface area (Å²) in [5.74, 6) is 0. The molecule has 0 aliphatic heterocycles. The molecule has 11 aromatic rings. The van der Waals surface area contributed by atoms with Crippen molar-refractivity contribution >= 4 is 76.5 Å². The van der Waals surface area contributed by atoms with Gasteiger partial charge in [-0.1, -0.05) is 127 Å². The first-order chi connectivity index (χ1) is 24.8. The van der Waals surface area contributed by atoms with E-state index in [1.165, 1.54) is 0 Å². The van der Waals surface area contributed by atoms with Crippen LogP contribution in [0.15, 0.2) is 167 Å². The molecular weight excluding hydrogens is 613 g/mol. The largest absolute Gasteiger partial charge is 0.455 e. The van der Waals surface area contributed by atoms with Gasteiger partial charge in [0.15, 0.2) is 0 Å². The molecule has 50 heavy (non-hydrogen) atoms. The standard InChI is InChI=1S/C46H26N2O2/c1-2-10-27(11-3-1)38-24-22-28-20-21-29-23-25-39(48-44(29)43(28)47-38)35-17-9-19-41-42(35)37-26-36(30-12-4-5-14-32(30)46(37)50-41)34-16-8-15-33-31-13-6-7-18-40(31)49-45(33)34/h1-26H. The molecule has 0 saturated heterocycles. The Kier molecular flexibility index (Phi) is 5.63. The fourth-order valence-corrected chi connectivity index (χ4v) is 7.73. The smallest absolute Gasteiger partial charge is 0.143 e. The maximum absolute atomic E-state index is 6.71. The molecule has 0 unspecified atom stereocenters. The molecule has 232 valence electrons. The third-order valence-electron chi connectivity index (χ3n) is 10.1. The van der Waals surface area contributed by atoms with Crippen molar-refractivity contribution in [1.82, 2.24) is 9.97 Å². The highest BCUT2D eigenvalue weighted by Crippen LogP contribution is 2.45. The zero-order valence-electron chi connectivity index (χ0n) is 26.7. The summed E-state index contributed by atoms with van der Waals surface area (Å²) >= 11 is 0. The molecule has 0 N–H and O–H groups in total. The molecular formula is C46H26N2O2. The van der Waals surface area contributed by atoms with Crippen molar-refractivity contribution in [2.24, 2.45) is 0 Å². The van der Waals surface area contributed by atoms with E-state index in [4.69, 9.17) is 18.8 Å². The lowest BCUT2D eigenvalue weighted by Gasteiger charge is -2.10. The lowest BCUT2D eigenvalue weighted by atomic mass is 9.93. The Labute approximate surface area is 285 Å². The van der Waals surface area contributed by atoms with Gasteiger partial charge < -0.3 is 8.83 Å². The summed E-state index contributed by atoms with van der Waals surface area (Å²) in [4.78, 5) is 10.5. The van der Waals surface area contributed by atoms with Gasteiger partial charge in [0.1, 0.15) is 22.3 Å². The van der Waals surface area contributed by atoms with E-state index < -0.39 is 0 Å². The summed E-state index contributed by atoms with van der Waals surface area (Å²) < 4.78 is 13.2. The lowest BCUT2D eigenvalue weighted by Crippen LogP contribution is -1.91. The number of rotatable bonds is 3. The predicted molar refractivity (Wildman–Crippen MR) is 205 cm³/mol. The topological polar surface area (TPSA) is 52.1 Å². The summed E-state index contributed by atoms with van der Waals surface area (Å²) in [5.41, 5.74) is 11.3. The Balaban J connectivity index is 1.18. The highest BCUT2D eigenvalue weighted by molar-refractivity contribution is 6.23. The summed E-state index contributed by atoms with van der Waals surface area (Å²) in [6.07, 6.45) is 0. The van der Waals surface area contributed by atoms with Crippen molar-refractivity contribution in [3.8, 4) is 33.6 Å². The number of fused-ring (bicyclic) bond motifs is 11. The maximum Gasteiger partial charge on any atom is 0.143 e. The number of hydrogen-bond acceptors (Lipinski definition) is 4. The van der Waals surface area contributed by atoms with Crippen LogP contribution in [0.3, 0.4) is 0 Å². The molecule has 4 heteroatoms. The van der Waals surface area contributed by atoms with Gasteiger partial charge in [0.2, 0.25) is 0 Å². The van der Waals surface area contributed by atoms with Crippen LogP contribution in [0.1, 0.15) is 0 Å². The first-order valence-electron chi connectivity index (χ1n) is 16.8. The van der Waals surface area contributed by atoms with Crippen LogP contribution in [0.25, 0.3) is 110 Å². The number of pyridine rings is 2. The molecule has 0 aliphatic rings. The minimum absolute atomic E-state index is 0.825. The maximum atomic E-state index is 6.71. The van der Waals surface area contributed by atoms with Crippen LogP contribution in [0.5, 0.6) is 0 Å². The van der Waals surface area contributed by atoms with Crippen LogP contribution >= 0.6 is 0 Å². The quantitative estimate of drug-likeness (QED) is 0.181. The Morgan fingerprint density at radius 2 is 0.940 bits per heavy atom. The molecule has 4 aromatic heterocycles. The van der Waals surface area contributed by atoms with Gasteiger partial charge in [0, 0.05) is 54.4 Å². The average Bonchev–Trinajstić information content (AvgIpc) is 3.76. The minimum atomic E-state index is 0.825.